The summed E-state index contributed by atoms with van der Waals surface area (Å²) in [6.07, 6.45) is 5.85. The first kappa shape index (κ1) is 19.3. The molecule has 0 radical (unpaired) electrons. The van der Waals surface area contributed by atoms with Crippen LogP contribution in [0.2, 0.25) is 0 Å². The Morgan fingerprint density at radius 2 is 2.20 bits per heavy atom. The topological polar surface area (TPSA) is 82.3 Å². The maximum atomic E-state index is 12.5. The maximum absolute atomic E-state index is 12.5. The van der Waals surface area contributed by atoms with Gasteiger partial charge in [0.05, 0.1) is 11.1 Å². The molecule has 25 heavy (non-hydrogen) atoms. The van der Waals surface area contributed by atoms with Crippen LogP contribution in [0.1, 0.15) is 45.1 Å². The molecule has 2 atom stereocenters. The molecule has 0 spiro atoms. The molecule has 1 fully saturated rings. The van der Waals surface area contributed by atoms with Crippen molar-refractivity contribution < 1.29 is 14.6 Å². The summed E-state index contributed by atoms with van der Waals surface area (Å²) in [4.78, 5) is 12.5. The largest absolute Gasteiger partial charge is 0.503 e. The van der Waals surface area contributed by atoms with Gasteiger partial charge in [-0.05, 0) is 65.4 Å². The van der Waals surface area contributed by atoms with Crippen LogP contribution in [-0.2, 0) is 4.79 Å². The molecular weight excluding hydrogens is 384 g/mol. The van der Waals surface area contributed by atoms with E-state index in [4.69, 9.17) is 4.74 Å². The summed E-state index contributed by atoms with van der Waals surface area (Å²) >= 11 is 3.26. The third kappa shape index (κ3) is 4.99. The van der Waals surface area contributed by atoms with E-state index in [9.17, 15) is 15.2 Å². The summed E-state index contributed by atoms with van der Waals surface area (Å²) in [5, 5.41) is 22.3. The van der Waals surface area contributed by atoms with Crippen molar-refractivity contribution in [3.63, 3.8) is 0 Å². The monoisotopic (exact) mass is 406 g/mol. The first-order valence-electron chi connectivity index (χ1n) is 8.54. The number of carbonyl (C=O) groups excluding carboxylic acids is 1. The predicted molar refractivity (Wildman–Crippen MR) is 100 cm³/mol. The number of phenolic OH excluding ortho intramolecular Hbond substituents is 1. The van der Waals surface area contributed by atoms with Gasteiger partial charge in [-0.3, -0.25) is 4.79 Å². The molecular formula is C19H23BrN2O3. The number of rotatable bonds is 5. The lowest BCUT2D eigenvalue weighted by molar-refractivity contribution is -0.118. The summed E-state index contributed by atoms with van der Waals surface area (Å²) in [5.41, 5.74) is 0.648. The van der Waals surface area contributed by atoms with Gasteiger partial charge in [0.1, 0.15) is 11.6 Å². The van der Waals surface area contributed by atoms with Crippen LogP contribution in [0.3, 0.4) is 0 Å². The molecule has 2 rings (SSSR count). The number of benzene rings is 1. The molecule has 0 aliphatic heterocycles. The molecule has 5 nitrogen and oxygen atoms in total. The summed E-state index contributed by atoms with van der Waals surface area (Å²) in [6, 6.07) is 5.34. The lowest BCUT2D eigenvalue weighted by Gasteiger charge is -2.29. The van der Waals surface area contributed by atoms with Crippen LogP contribution in [0, 0.1) is 17.2 Å². The van der Waals surface area contributed by atoms with E-state index in [-0.39, 0.29) is 23.3 Å². The fourth-order valence-corrected chi connectivity index (χ4v) is 3.49. The van der Waals surface area contributed by atoms with E-state index in [0.717, 1.165) is 19.3 Å². The van der Waals surface area contributed by atoms with Gasteiger partial charge in [0, 0.05) is 6.04 Å². The van der Waals surface area contributed by atoms with Crippen LogP contribution in [0.25, 0.3) is 6.08 Å². The lowest BCUT2D eigenvalue weighted by Crippen LogP contribution is -2.41. The second-order valence-electron chi connectivity index (χ2n) is 6.29. The van der Waals surface area contributed by atoms with Crippen LogP contribution in [0.15, 0.2) is 22.2 Å². The Bertz CT molecular complexity index is 709. The lowest BCUT2D eigenvalue weighted by atomic mass is 9.86. The van der Waals surface area contributed by atoms with Crippen LogP contribution in [-0.4, -0.2) is 23.7 Å². The molecule has 1 aromatic rings. The van der Waals surface area contributed by atoms with Crippen LogP contribution >= 0.6 is 15.9 Å². The van der Waals surface area contributed by atoms with E-state index in [1.165, 1.54) is 12.5 Å². The molecule has 1 saturated carbocycles. The minimum absolute atomic E-state index is 0.00186. The van der Waals surface area contributed by atoms with Gasteiger partial charge in [-0.15, -0.1) is 0 Å². The van der Waals surface area contributed by atoms with Gasteiger partial charge in [-0.2, -0.15) is 5.26 Å². The number of nitriles is 1. The molecule has 134 valence electrons. The number of nitrogens with one attached hydrogen (secondary N) is 1. The Morgan fingerprint density at radius 1 is 1.48 bits per heavy atom. The Labute approximate surface area is 156 Å². The zero-order valence-electron chi connectivity index (χ0n) is 14.5. The molecule has 0 aromatic heterocycles. The van der Waals surface area contributed by atoms with E-state index < -0.39 is 0 Å². The van der Waals surface area contributed by atoms with E-state index in [0.29, 0.717) is 28.3 Å². The highest BCUT2D eigenvalue weighted by Gasteiger charge is 2.24. The second-order valence-corrected chi connectivity index (χ2v) is 7.15. The first-order valence-corrected chi connectivity index (χ1v) is 9.33. The number of aromatic hydroxyl groups is 1. The fraction of sp³-hybridized carbons (Fsp3) is 0.474. The fourth-order valence-electron chi connectivity index (χ4n) is 3.03. The highest BCUT2D eigenvalue weighted by molar-refractivity contribution is 9.10. The van der Waals surface area contributed by atoms with Gasteiger partial charge < -0.3 is 15.2 Å². The van der Waals surface area contributed by atoms with E-state index in [2.05, 4.69) is 28.2 Å². The Balaban J connectivity index is 2.21. The second kappa shape index (κ2) is 8.91. The average Bonchev–Trinajstić information content (AvgIpc) is 2.59. The van der Waals surface area contributed by atoms with Crippen molar-refractivity contribution in [2.75, 3.05) is 6.61 Å². The number of amides is 1. The highest BCUT2D eigenvalue weighted by atomic mass is 79.9. The molecule has 6 heteroatoms. The van der Waals surface area contributed by atoms with Gasteiger partial charge in [-0.25, -0.2) is 0 Å². The van der Waals surface area contributed by atoms with Crippen molar-refractivity contribution in [1.82, 2.24) is 5.32 Å². The van der Waals surface area contributed by atoms with Gasteiger partial charge in [0.15, 0.2) is 11.5 Å². The van der Waals surface area contributed by atoms with Crippen molar-refractivity contribution in [3.05, 3.63) is 27.7 Å². The Kier molecular flexibility index (Phi) is 6.89. The molecule has 1 amide bonds. The molecule has 0 heterocycles. The Hall–Kier alpha value is -2.00. The number of halogens is 1. The summed E-state index contributed by atoms with van der Waals surface area (Å²) in [6.45, 7) is 4.35. The predicted octanol–water partition coefficient (Wildman–Crippen LogP) is 4.16. The van der Waals surface area contributed by atoms with Crippen LogP contribution in [0.5, 0.6) is 11.5 Å². The molecule has 0 bridgehead atoms. The SMILES string of the molecule is CCOc1cc(/C=C(\C#N)C(=O)N[C@H]2CCCC[C@@H]2C)cc(Br)c1O. The summed E-state index contributed by atoms with van der Waals surface area (Å²) in [5.74, 6) is 0.369. The molecule has 0 unspecified atom stereocenters. The minimum Gasteiger partial charge on any atom is -0.503 e. The van der Waals surface area contributed by atoms with Crippen molar-refractivity contribution in [1.29, 1.82) is 5.26 Å². The van der Waals surface area contributed by atoms with Gasteiger partial charge in [0.25, 0.3) is 5.91 Å². The van der Waals surface area contributed by atoms with Crippen LogP contribution in [0.4, 0.5) is 0 Å². The normalized spacial score (nSPS) is 20.6. The average molecular weight is 407 g/mol. The van der Waals surface area contributed by atoms with E-state index in [1.807, 2.05) is 13.0 Å². The number of phenols is 1. The smallest absolute Gasteiger partial charge is 0.262 e. The molecule has 1 aliphatic carbocycles. The number of carbonyl (C=O) groups is 1. The molecule has 0 saturated heterocycles. The van der Waals surface area contributed by atoms with Gasteiger partial charge in [-0.1, -0.05) is 19.8 Å². The van der Waals surface area contributed by atoms with Crippen molar-refractivity contribution >= 4 is 27.9 Å². The highest BCUT2D eigenvalue weighted by Crippen LogP contribution is 2.36. The molecule has 2 N–H and O–H groups in total. The first-order chi connectivity index (χ1) is 12.0. The summed E-state index contributed by atoms with van der Waals surface area (Å²) < 4.78 is 5.82. The molecule has 1 aromatic carbocycles. The van der Waals surface area contributed by atoms with E-state index in [1.54, 1.807) is 12.1 Å². The molecule has 1 aliphatic rings. The third-order valence-corrected chi connectivity index (χ3v) is 5.06. The van der Waals surface area contributed by atoms with Crippen molar-refractivity contribution in [3.8, 4) is 17.6 Å². The van der Waals surface area contributed by atoms with Crippen LogP contribution < -0.4 is 10.1 Å². The number of ether oxygens (including phenoxy) is 1. The minimum atomic E-state index is -0.358. The number of hydrogen-bond donors (Lipinski definition) is 2. The zero-order chi connectivity index (χ0) is 18.4. The third-order valence-electron chi connectivity index (χ3n) is 4.45. The van der Waals surface area contributed by atoms with Crippen molar-refractivity contribution in [2.24, 2.45) is 5.92 Å². The Morgan fingerprint density at radius 3 is 2.84 bits per heavy atom. The standard InChI is InChI=1S/C19H23BrN2O3/c1-3-25-17-10-13(9-15(20)18(17)23)8-14(11-21)19(24)22-16-7-5-4-6-12(16)2/h8-10,12,16,23H,3-7H2,1-2H3,(H,22,24)/b14-8+/t12-,16-/m0/s1. The maximum Gasteiger partial charge on any atom is 0.262 e. The van der Waals surface area contributed by atoms with Gasteiger partial charge in [0.2, 0.25) is 0 Å². The zero-order valence-corrected chi connectivity index (χ0v) is 16.1. The quantitative estimate of drug-likeness (QED) is 0.567. The van der Waals surface area contributed by atoms with E-state index >= 15 is 0 Å². The van der Waals surface area contributed by atoms with Gasteiger partial charge >= 0.3 is 0 Å². The summed E-state index contributed by atoms with van der Waals surface area (Å²) in [7, 11) is 0. The van der Waals surface area contributed by atoms with Crippen molar-refractivity contribution in [2.45, 2.75) is 45.6 Å². The number of hydrogen-bond acceptors (Lipinski definition) is 4. The number of nitrogens with zero attached hydrogens (tertiary/aromatic N) is 1.